The molecule has 3 aromatic heterocycles. The van der Waals surface area contributed by atoms with Crippen LogP contribution in [0.25, 0.3) is 11.1 Å². The van der Waals surface area contributed by atoms with Crippen LogP contribution in [-0.4, -0.2) is 45.7 Å². The molecule has 1 amide bonds. The van der Waals surface area contributed by atoms with E-state index in [4.69, 9.17) is 13.6 Å². The molecule has 1 saturated heterocycles. The van der Waals surface area contributed by atoms with Gasteiger partial charge in [0.1, 0.15) is 5.69 Å². The first kappa shape index (κ1) is 14.9. The van der Waals surface area contributed by atoms with Crippen LogP contribution in [0.1, 0.15) is 48.1 Å². The molecule has 3 aromatic rings. The smallest absolute Gasteiger partial charge is 0.270 e. The quantitative estimate of drug-likeness (QED) is 0.792. The Kier molecular flexibility index (Phi) is 3.61. The van der Waals surface area contributed by atoms with Crippen molar-refractivity contribution in [3.05, 3.63) is 35.9 Å². The summed E-state index contributed by atoms with van der Waals surface area (Å²) in [6.07, 6.45) is 1.18. The van der Waals surface area contributed by atoms with Crippen molar-refractivity contribution in [3.8, 4) is 0 Å². The summed E-state index contributed by atoms with van der Waals surface area (Å²) in [6.45, 7) is 5.28. The fraction of sp³-hybridized carbons (Fsp3) is 0.438. The first-order valence-corrected chi connectivity index (χ1v) is 7.92. The van der Waals surface area contributed by atoms with Gasteiger partial charge >= 0.3 is 0 Å². The number of aromatic amines is 1. The fourth-order valence-electron chi connectivity index (χ4n) is 2.73. The lowest BCUT2D eigenvalue weighted by molar-refractivity contribution is -0.0352. The summed E-state index contributed by atoms with van der Waals surface area (Å²) in [5, 5.41) is 8.07. The van der Waals surface area contributed by atoms with Gasteiger partial charge in [-0.1, -0.05) is 13.8 Å². The molecule has 0 saturated carbocycles. The lowest BCUT2D eigenvalue weighted by Crippen LogP contribution is -2.42. The second kappa shape index (κ2) is 5.79. The van der Waals surface area contributed by atoms with Gasteiger partial charge in [-0.05, 0) is 0 Å². The summed E-state index contributed by atoms with van der Waals surface area (Å²) >= 11 is 0. The number of morpholine rings is 1. The zero-order chi connectivity index (χ0) is 16.7. The van der Waals surface area contributed by atoms with Crippen LogP contribution in [0.15, 0.2) is 27.2 Å². The number of nitrogens with zero attached hydrogens (tertiary/aromatic N) is 3. The molecular weight excluding hydrogens is 312 g/mol. The molecule has 0 unspecified atom stereocenters. The molecule has 1 N–H and O–H groups in total. The number of hydrogen-bond donors (Lipinski definition) is 1. The van der Waals surface area contributed by atoms with Crippen LogP contribution in [0.3, 0.4) is 0 Å². The van der Waals surface area contributed by atoms with Gasteiger partial charge in [0.05, 0.1) is 24.9 Å². The molecule has 1 atom stereocenters. The Hall–Kier alpha value is -2.61. The molecular formula is C16H18N4O4. The number of rotatable bonds is 3. The first-order valence-electron chi connectivity index (χ1n) is 7.92. The molecule has 1 aliphatic rings. The van der Waals surface area contributed by atoms with E-state index in [9.17, 15) is 4.79 Å². The molecule has 8 nitrogen and oxygen atoms in total. The largest absolute Gasteiger partial charge is 0.463 e. The van der Waals surface area contributed by atoms with Crippen molar-refractivity contribution in [1.29, 1.82) is 0 Å². The Balaban J connectivity index is 1.51. The molecule has 1 aliphatic heterocycles. The average molecular weight is 330 g/mol. The highest BCUT2D eigenvalue weighted by Crippen LogP contribution is 2.25. The minimum absolute atomic E-state index is 0.0988. The topological polar surface area (TPSA) is 97.4 Å². The van der Waals surface area contributed by atoms with Gasteiger partial charge in [-0.3, -0.25) is 4.79 Å². The second-order valence-corrected chi connectivity index (χ2v) is 6.13. The highest BCUT2D eigenvalue weighted by atomic mass is 16.5. The van der Waals surface area contributed by atoms with Crippen LogP contribution in [-0.2, 0) is 4.74 Å². The maximum atomic E-state index is 12.7. The summed E-state index contributed by atoms with van der Waals surface area (Å²) in [7, 11) is 0. The number of amides is 1. The minimum Gasteiger partial charge on any atom is -0.463 e. The van der Waals surface area contributed by atoms with Gasteiger partial charge in [0.15, 0.2) is 11.7 Å². The van der Waals surface area contributed by atoms with Crippen LogP contribution >= 0.6 is 0 Å². The Bertz CT molecular complexity index is 834. The molecule has 4 heterocycles. The molecule has 1 fully saturated rings. The molecule has 0 spiro atoms. The third-order valence-corrected chi connectivity index (χ3v) is 4.05. The van der Waals surface area contributed by atoms with Crippen molar-refractivity contribution in [3.63, 3.8) is 0 Å². The summed E-state index contributed by atoms with van der Waals surface area (Å²) in [5.41, 5.74) is 1.97. The van der Waals surface area contributed by atoms with E-state index < -0.39 is 6.10 Å². The summed E-state index contributed by atoms with van der Waals surface area (Å²) in [5.74, 6) is 1.04. The Morgan fingerprint density at radius 3 is 3.04 bits per heavy atom. The molecule has 24 heavy (non-hydrogen) atoms. The number of carbonyl (C=O) groups is 1. The van der Waals surface area contributed by atoms with Crippen molar-refractivity contribution < 1.29 is 18.4 Å². The Labute approximate surface area is 137 Å². The lowest BCUT2D eigenvalue weighted by atomic mass is 10.2. The monoisotopic (exact) mass is 330 g/mol. The van der Waals surface area contributed by atoms with Crippen molar-refractivity contribution in [1.82, 2.24) is 20.1 Å². The van der Waals surface area contributed by atoms with Gasteiger partial charge in [0.25, 0.3) is 5.91 Å². The minimum atomic E-state index is -0.402. The van der Waals surface area contributed by atoms with Crippen LogP contribution in [0, 0.1) is 0 Å². The van der Waals surface area contributed by atoms with Crippen molar-refractivity contribution in [2.24, 2.45) is 0 Å². The van der Waals surface area contributed by atoms with E-state index in [-0.39, 0.29) is 11.8 Å². The van der Waals surface area contributed by atoms with E-state index >= 15 is 0 Å². The zero-order valence-corrected chi connectivity index (χ0v) is 13.5. The molecule has 0 aliphatic carbocycles. The Morgan fingerprint density at radius 1 is 1.42 bits per heavy atom. The predicted molar refractivity (Wildman–Crippen MR) is 83.5 cm³/mol. The van der Waals surface area contributed by atoms with Crippen molar-refractivity contribution in [2.45, 2.75) is 25.9 Å². The van der Waals surface area contributed by atoms with Gasteiger partial charge in [-0.15, -0.1) is 10.2 Å². The SMILES string of the molecule is CC(C)c1nnc([C@@H]2CN(C(=O)c3cc4occc4[nH]3)CCO2)o1. The van der Waals surface area contributed by atoms with Crippen LogP contribution in [0.2, 0.25) is 0 Å². The first-order chi connectivity index (χ1) is 11.6. The van der Waals surface area contributed by atoms with Crippen LogP contribution in [0.4, 0.5) is 0 Å². The van der Waals surface area contributed by atoms with Crippen molar-refractivity contribution >= 4 is 17.0 Å². The zero-order valence-electron chi connectivity index (χ0n) is 13.5. The highest BCUT2D eigenvalue weighted by Gasteiger charge is 2.30. The van der Waals surface area contributed by atoms with Gasteiger partial charge in [0, 0.05) is 24.6 Å². The number of hydrogen-bond acceptors (Lipinski definition) is 6. The average Bonchev–Trinajstić information content (AvgIpc) is 3.29. The molecule has 0 bridgehead atoms. The van der Waals surface area contributed by atoms with Gasteiger partial charge < -0.3 is 23.5 Å². The third kappa shape index (κ3) is 2.58. The Morgan fingerprint density at radius 2 is 2.29 bits per heavy atom. The number of aromatic nitrogens is 3. The maximum Gasteiger partial charge on any atom is 0.270 e. The summed E-state index contributed by atoms with van der Waals surface area (Å²) in [6, 6.07) is 3.51. The summed E-state index contributed by atoms with van der Waals surface area (Å²) < 4.78 is 16.6. The van der Waals surface area contributed by atoms with E-state index in [2.05, 4.69) is 15.2 Å². The number of H-pyrrole nitrogens is 1. The number of furan rings is 1. The standard InChI is InChI=1S/C16H18N4O4/c1-9(2)14-18-19-15(24-14)13-8-20(4-6-23-13)16(21)11-7-12-10(17-11)3-5-22-12/h3,5,7,9,13,17H,4,6,8H2,1-2H3/t13-/m0/s1. The molecule has 0 aromatic carbocycles. The van der Waals surface area contributed by atoms with E-state index in [1.54, 1.807) is 23.3 Å². The normalized spacial score (nSPS) is 18.6. The fourth-order valence-corrected chi connectivity index (χ4v) is 2.73. The predicted octanol–water partition coefficient (Wildman–Crippen LogP) is 2.48. The summed E-state index contributed by atoms with van der Waals surface area (Å²) in [4.78, 5) is 17.5. The van der Waals surface area contributed by atoms with E-state index in [1.165, 1.54) is 0 Å². The number of fused-ring (bicyclic) bond motifs is 1. The van der Waals surface area contributed by atoms with Crippen LogP contribution < -0.4 is 0 Å². The lowest BCUT2D eigenvalue weighted by Gasteiger charge is -2.30. The van der Waals surface area contributed by atoms with Gasteiger partial charge in [0.2, 0.25) is 11.8 Å². The van der Waals surface area contributed by atoms with Crippen LogP contribution in [0.5, 0.6) is 0 Å². The highest BCUT2D eigenvalue weighted by molar-refractivity contribution is 5.96. The third-order valence-electron chi connectivity index (χ3n) is 4.05. The van der Waals surface area contributed by atoms with Crippen molar-refractivity contribution in [2.75, 3.05) is 19.7 Å². The molecule has 8 heteroatoms. The molecule has 0 radical (unpaired) electrons. The maximum absolute atomic E-state index is 12.7. The van der Waals surface area contributed by atoms with Gasteiger partial charge in [-0.2, -0.15) is 0 Å². The number of ether oxygens (including phenoxy) is 1. The van der Waals surface area contributed by atoms with E-state index in [1.807, 2.05) is 13.8 Å². The van der Waals surface area contributed by atoms with E-state index in [0.717, 1.165) is 5.52 Å². The second-order valence-electron chi connectivity index (χ2n) is 6.13. The number of carbonyl (C=O) groups excluding carboxylic acids is 1. The number of nitrogens with one attached hydrogen (secondary N) is 1. The molecule has 4 rings (SSSR count). The van der Waals surface area contributed by atoms with Gasteiger partial charge in [-0.25, -0.2) is 0 Å². The molecule has 126 valence electrons. The van der Waals surface area contributed by atoms with E-state index in [0.29, 0.717) is 42.8 Å².